The van der Waals surface area contributed by atoms with Crippen LogP contribution in [0.2, 0.25) is 0 Å². The van der Waals surface area contributed by atoms with Crippen LogP contribution in [0.3, 0.4) is 0 Å². The molecule has 5 aromatic rings. The second-order valence-corrected chi connectivity index (χ2v) is 11.1. The number of nitrogens with one attached hydrogen (secondary N) is 1. The molecule has 226 valence electrons. The largest absolute Gasteiger partial charge is 0.486 e. The number of aromatic amines is 1. The Hall–Kier alpha value is -4.90. The molecule has 0 unspecified atom stereocenters. The van der Waals surface area contributed by atoms with E-state index in [1.54, 1.807) is 0 Å². The Labute approximate surface area is 254 Å². The fourth-order valence-corrected chi connectivity index (χ4v) is 5.91. The van der Waals surface area contributed by atoms with Crippen molar-refractivity contribution in [2.24, 2.45) is 0 Å². The van der Waals surface area contributed by atoms with Crippen LogP contribution in [0, 0.1) is 0 Å². The molecular formula is C33H34N6O5. The summed E-state index contributed by atoms with van der Waals surface area (Å²) < 4.78 is 24.7. The van der Waals surface area contributed by atoms with Crippen LogP contribution in [-0.2, 0) is 26.1 Å². The van der Waals surface area contributed by atoms with Gasteiger partial charge in [-0.1, -0.05) is 49.7 Å². The van der Waals surface area contributed by atoms with E-state index in [1.807, 2.05) is 59.3 Å². The molecule has 1 atom stereocenters. The number of H-pyrrole nitrogens is 1. The molecule has 2 aliphatic heterocycles. The minimum Gasteiger partial charge on any atom is -0.486 e. The van der Waals surface area contributed by atoms with Gasteiger partial charge in [-0.2, -0.15) is 0 Å². The third-order valence-electron chi connectivity index (χ3n) is 8.10. The van der Waals surface area contributed by atoms with E-state index in [-0.39, 0.29) is 18.4 Å². The molecule has 1 N–H and O–H groups in total. The number of tetrazole rings is 1. The number of rotatable bonds is 11. The molecule has 0 bridgehead atoms. The van der Waals surface area contributed by atoms with E-state index in [0.29, 0.717) is 55.4 Å². The van der Waals surface area contributed by atoms with E-state index in [0.717, 1.165) is 47.5 Å². The number of nitrogens with zero attached hydrogens (tertiary/aromatic N) is 5. The average Bonchev–Trinajstić information content (AvgIpc) is 3.72. The van der Waals surface area contributed by atoms with Crippen molar-refractivity contribution in [3.63, 3.8) is 0 Å². The standard InChI is InChI=1S/C33H34N6O5/c1-2-6-27(32-35-36-37-39(32)12-11-22-7-4-3-5-8-22)38(19-23-9-10-28-29(15-23)44-21-43-28)20-25-16-24-17-30-31(42-14-13-41-30)18-26(24)34-33(25)40/h3-5,7-10,15-18,27H,2,6,11-14,19-21H2,1H3,(H,34,40)/t27-/m0/s1. The molecule has 0 saturated heterocycles. The lowest BCUT2D eigenvalue weighted by atomic mass is 10.0. The number of aromatic nitrogens is 5. The zero-order valence-corrected chi connectivity index (χ0v) is 24.6. The third-order valence-corrected chi connectivity index (χ3v) is 8.10. The van der Waals surface area contributed by atoms with Crippen molar-refractivity contribution in [2.75, 3.05) is 20.0 Å². The molecule has 4 heterocycles. The minimum absolute atomic E-state index is 0.147. The van der Waals surface area contributed by atoms with Gasteiger partial charge in [0.15, 0.2) is 28.8 Å². The predicted molar refractivity (Wildman–Crippen MR) is 163 cm³/mol. The summed E-state index contributed by atoms with van der Waals surface area (Å²) in [5.74, 6) is 3.55. The molecule has 44 heavy (non-hydrogen) atoms. The summed E-state index contributed by atoms with van der Waals surface area (Å²) in [4.78, 5) is 18.8. The normalized spacial score (nSPS) is 14.3. The van der Waals surface area contributed by atoms with Crippen molar-refractivity contribution in [3.8, 4) is 23.0 Å². The Morgan fingerprint density at radius 3 is 2.52 bits per heavy atom. The second kappa shape index (κ2) is 12.4. The highest BCUT2D eigenvalue weighted by Gasteiger charge is 2.28. The average molecular weight is 595 g/mol. The van der Waals surface area contributed by atoms with Crippen molar-refractivity contribution in [1.82, 2.24) is 30.1 Å². The highest BCUT2D eigenvalue weighted by atomic mass is 16.7. The van der Waals surface area contributed by atoms with Crippen LogP contribution in [0.5, 0.6) is 23.0 Å². The van der Waals surface area contributed by atoms with E-state index in [4.69, 9.17) is 18.9 Å². The fourth-order valence-electron chi connectivity index (χ4n) is 5.91. The molecule has 3 aromatic carbocycles. The Balaban J connectivity index is 1.24. The number of hydrogen-bond acceptors (Lipinski definition) is 9. The fraction of sp³-hybridized carbons (Fsp3) is 0.333. The smallest absolute Gasteiger partial charge is 0.252 e. The number of ether oxygens (including phenoxy) is 4. The van der Waals surface area contributed by atoms with E-state index in [2.05, 4.69) is 44.5 Å². The summed E-state index contributed by atoms with van der Waals surface area (Å²) in [6.07, 6.45) is 2.52. The van der Waals surface area contributed by atoms with E-state index in [1.165, 1.54) is 5.56 Å². The zero-order chi connectivity index (χ0) is 29.9. The van der Waals surface area contributed by atoms with Crippen LogP contribution in [0.25, 0.3) is 10.9 Å². The van der Waals surface area contributed by atoms with Gasteiger partial charge >= 0.3 is 0 Å². The lowest BCUT2D eigenvalue weighted by Crippen LogP contribution is -2.32. The number of pyridine rings is 1. The monoisotopic (exact) mass is 594 g/mol. The number of benzene rings is 3. The summed E-state index contributed by atoms with van der Waals surface area (Å²) in [6, 6.07) is 21.9. The Bertz CT molecular complexity index is 1820. The molecule has 2 aromatic heterocycles. The molecule has 0 amide bonds. The molecule has 11 nitrogen and oxygen atoms in total. The highest BCUT2D eigenvalue weighted by molar-refractivity contribution is 5.83. The van der Waals surface area contributed by atoms with Gasteiger partial charge in [-0.05, 0) is 58.7 Å². The summed E-state index contributed by atoms with van der Waals surface area (Å²) >= 11 is 0. The van der Waals surface area contributed by atoms with Gasteiger partial charge in [0.1, 0.15) is 13.2 Å². The maximum atomic E-state index is 13.5. The topological polar surface area (TPSA) is 117 Å². The Kier molecular flexibility index (Phi) is 7.85. The summed E-state index contributed by atoms with van der Waals surface area (Å²) in [6.45, 7) is 4.92. The first-order valence-corrected chi connectivity index (χ1v) is 15.0. The first-order valence-electron chi connectivity index (χ1n) is 15.0. The summed E-state index contributed by atoms with van der Waals surface area (Å²) in [7, 11) is 0. The number of aryl methyl sites for hydroxylation is 2. The van der Waals surface area contributed by atoms with E-state index < -0.39 is 0 Å². The molecule has 0 radical (unpaired) electrons. The number of fused-ring (bicyclic) bond motifs is 3. The molecular weight excluding hydrogens is 560 g/mol. The first-order chi connectivity index (χ1) is 21.6. The maximum Gasteiger partial charge on any atom is 0.252 e. The molecule has 0 saturated carbocycles. The Morgan fingerprint density at radius 2 is 1.68 bits per heavy atom. The van der Waals surface area contributed by atoms with Crippen LogP contribution in [0.1, 0.15) is 48.3 Å². The van der Waals surface area contributed by atoms with E-state index in [9.17, 15) is 4.79 Å². The molecule has 0 spiro atoms. The lowest BCUT2D eigenvalue weighted by Gasteiger charge is -2.31. The number of hydrogen-bond donors (Lipinski definition) is 1. The summed E-state index contributed by atoms with van der Waals surface area (Å²) in [5, 5.41) is 13.9. The SMILES string of the molecule is CCC[C@@H](c1nnnn1CCc1ccccc1)N(Cc1ccc2c(c1)OCO2)Cc1cc2cc3c(cc2[nH]c1=O)OCCO3. The van der Waals surface area contributed by atoms with Crippen molar-refractivity contribution in [1.29, 1.82) is 0 Å². The van der Waals surface area contributed by atoms with Crippen molar-refractivity contribution in [3.05, 3.63) is 99.6 Å². The van der Waals surface area contributed by atoms with Gasteiger partial charge in [-0.3, -0.25) is 9.69 Å². The lowest BCUT2D eigenvalue weighted by molar-refractivity contribution is 0.155. The van der Waals surface area contributed by atoms with E-state index >= 15 is 0 Å². The highest BCUT2D eigenvalue weighted by Crippen LogP contribution is 2.36. The quantitative estimate of drug-likeness (QED) is 0.230. The molecule has 0 fully saturated rings. The van der Waals surface area contributed by atoms with Gasteiger partial charge in [0.2, 0.25) is 6.79 Å². The van der Waals surface area contributed by atoms with Crippen molar-refractivity contribution < 1.29 is 18.9 Å². The van der Waals surface area contributed by atoms with Gasteiger partial charge in [-0.25, -0.2) is 4.68 Å². The van der Waals surface area contributed by atoms with Gasteiger partial charge in [0.25, 0.3) is 5.56 Å². The molecule has 0 aliphatic carbocycles. The molecule has 7 rings (SSSR count). The molecule has 2 aliphatic rings. The van der Waals surface area contributed by atoms with Crippen molar-refractivity contribution >= 4 is 10.9 Å². The van der Waals surface area contributed by atoms with Gasteiger partial charge in [0, 0.05) is 36.7 Å². The third kappa shape index (κ3) is 5.83. The first kappa shape index (κ1) is 27.9. The van der Waals surface area contributed by atoms with Crippen LogP contribution < -0.4 is 24.5 Å². The Morgan fingerprint density at radius 1 is 0.886 bits per heavy atom. The van der Waals surface area contributed by atoms with Crippen LogP contribution in [0.15, 0.2) is 71.5 Å². The van der Waals surface area contributed by atoms with Crippen molar-refractivity contribution in [2.45, 2.75) is 51.9 Å². The van der Waals surface area contributed by atoms with Gasteiger partial charge < -0.3 is 23.9 Å². The predicted octanol–water partition coefficient (Wildman–Crippen LogP) is 4.80. The maximum absolute atomic E-state index is 13.5. The van der Waals surface area contributed by atoms with Crippen LogP contribution in [-0.4, -0.2) is 50.1 Å². The van der Waals surface area contributed by atoms with Crippen LogP contribution >= 0.6 is 0 Å². The van der Waals surface area contributed by atoms with Gasteiger partial charge in [-0.15, -0.1) is 5.10 Å². The zero-order valence-electron chi connectivity index (χ0n) is 24.6. The molecule has 11 heteroatoms. The minimum atomic E-state index is -0.149. The van der Waals surface area contributed by atoms with Crippen LogP contribution in [0.4, 0.5) is 0 Å². The second-order valence-electron chi connectivity index (χ2n) is 11.1. The summed E-state index contributed by atoms with van der Waals surface area (Å²) in [5.41, 5.74) is 3.45. The van der Waals surface area contributed by atoms with Gasteiger partial charge in [0.05, 0.1) is 11.6 Å².